The molecule has 0 aromatic carbocycles. The summed E-state index contributed by atoms with van der Waals surface area (Å²) in [5.41, 5.74) is 0.678. The highest BCUT2D eigenvalue weighted by Gasteiger charge is 2.32. The molecule has 19 heavy (non-hydrogen) atoms. The van der Waals surface area contributed by atoms with Crippen molar-refractivity contribution in [2.45, 2.75) is 65.8 Å². The molecule has 0 heterocycles. The van der Waals surface area contributed by atoms with E-state index in [0.717, 1.165) is 12.8 Å². The van der Waals surface area contributed by atoms with Crippen molar-refractivity contribution in [3.63, 3.8) is 0 Å². The summed E-state index contributed by atoms with van der Waals surface area (Å²) in [6.07, 6.45) is 7.49. The summed E-state index contributed by atoms with van der Waals surface area (Å²) in [4.78, 5) is 24.4. The lowest BCUT2D eigenvalue weighted by Gasteiger charge is -2.31. The van der Waals surface area contributed by atoms with E-state index in [9.17, 15) is 9.59 Å². The Morgan fingerprint density at radius 2 is 1.74 bits per heavy atom. The van der Waals surface area contributed by atoms with Crippen LogP contribution in [-0.4, -0.2) is 17.7 Å². The lowest BCUT2D eigenvalue weighted by Crippen LogP contribution is -2.48. The molecule has 1 rings (SSSR count). The lowest BCUT2D eigenvalue weighted by atomic mass is 9.80. The average Bonchev–Trinajstić information content (AvgIpc) is 2.43. The van der Waals surface area contributed by atoms with Crippen molar-refractivity contribution >= 4 is 11.7 Å². The van der Waals surface area contributed by atoms with Crippen molar-refractivity contribution < 1.29 is 9.59 Å². The molecular formula is C16H27NO2. The van der Waals surface area contributed by atoms with Crippen LogP contribution in [0.5, 0.6) is 0 Å². The molecule has 1 aliphatic rings. The van der Waals surface area contributed by atoms with Crippen molar-refractivity contribution in [2.24, 2.45) is 11.8 Å². The van der Waals surface area contributed by atoms with Crippen LogP contribution in [0.15, 0.2) is 11.6 Å². The van der Waals surface area contributed by atoms with Gasteiger partial charge in [0, 0.05) is 11.5 Å². The molecule has 108 valence electrons. The molecule has 1 saturated carbocycles. The maximum Gasteiger partial charge on any atom is 0.247 e. The third-order valence-electron chi connectivity index (χ3n) is 4.07. The van der Waals surface area contributed by atoms with Crippen LogP contribution in [-0.2, 0) is 9.59 Å². The Bertz CT molecular complexity index is 352. The monoisotopic (exact) mass is 265 g/mol. The summed E-state index contributed by atoms with van der Waals surface area (Å²) < 4.78 is 0. The smallest absolute Gasteiger partial charge is 0.247 e. The number of carbonyl (C=O) groups excluding carboxylic acids is 2. The Morgan fingerprint density at radius 3 is 2.21 bits per heavy atom. The topological polar surface area (TPSA) is 46.2 Å². The van der Waals surface area contributed by atoms with E-state index in [2.05, 4.69) is 5.32 Å². The van der Waals surface area contributed by atoms with Gasteiger partial charge in [-0.3, -0.25) is 9.59 Å². The zero-order valence-corrected chi connectivity index (χ0v) is 12.7. The van der Waals surface area contributed by atoms with E-state index in [1.807, 2.05) is 20.8 Å². The van der Waals surface area contributed by atoms with Gasteiger partial charge < -0.3 is 5.32 Å². The van der Waals surface area contributed by atoms with Gasteiger partial charge in [0.15, 0.2) is 5.78 Å². The first kappa shape index (κ1) is 15.9. The quantitative estimate of drug-likeness (QED) is 0.776. The fourth-order valence-corrected chi connectivity index (χ4v) is 2.63. The van der Waals surface area contributed by atoms with E-state index >= 15 is 0 Å². The van der Waals surface area contributed by atoms with Crippen LogP contribution in [0.1, 0.15) is 59.8 Å². The highest BCUT2D eigenvalue weighted by molar-refractivity contribution is 5.97. The number of allylic oxidation sites excluding steroid dienone is 1. The Kier molecular flexibility index (Phi) is 6.26. The van der Waals surface area contributed by atoms with E-state index in [4.69, 9.17) is 0 Å². The number of ketones is 1. The van der Waals surface area contributed by atoms with Crippen LogP contribution in [0.2, 0.25) is 0 Å². The minimum absolute atomic E-state index is 0.0295. The minimum atomic E-state index is -0.303. The molecule has 0 unspecified atom stereocenters. The summed E-state index contributed by atoms with van der Waals surface area (Å²) in [5.74, 6) is 0.353. The van der Waals surface area contributed by atoms with Crippen LogP contribution in [0.25, 0.3) is 0 Å². The zero-order valence-electron chi connectivity index (χ0n) is 12.7. The molecule has 0 bridgehead atoms. The minimum Gasteiger partial charge on any atom is -0.342 e. The van der Waals surface area contributed by atoms with Crippen LogP contribution in [0, 0.1) is 11.8 Å². The lowest BCUT2D eigenvalue weighted by molar-refractivity contribution is -0.129. The normalized spacial score (nSPS) is 19.3. The second-order valence-corrected chi connectivity index (χ2v) is 5.88. The van der Waals surface area contributed by atoms with Crippen molar-refractivity contribution in [2.75, 3.05) is 0 Å². The molecule has 0 spiro atoms. The van der Waals surface area contributed by atoms with Crippen LogP contribution in [0.3, 0.4) is 0 Å². The second-order valence-electron chi connectivity index (χ2n) is 5.88. The number of amides is 1. The number of nitrogens with one attached hydrogen (secondary N) is 1. The van der Waals surface area contributed by atoms with Gasteiger partial charge >= 0.3 is 0 Å². The molecule has 0 radical (unpaired) electrons. The molecule has 1 atom stereocenters. The summed E-state index contributed by atoms with van der Waals surface area (Å²) in [6.45, 7) is 7.45. The van der Waals surface area contributed by atoms with Crippen molar-refractivity contribution in [1.82, 2.24) is 5.32 Å². The number of carbonyl (C=O) groups is 2. The fourth-order valence-electron chi connectivity index (χ4n) is 2.63. The average molecular weight is 265 g/mol. The van der Waals surface area contributed by atoms with Gasteiger partial charge in [0.25, 0.3) is 0 Å². The third-order valence-corrected chi connectivity index (χ3v) is 4.07. The van der Waals surface area contributed by atoms with Crippen LogP contribution < -0.4 is 5.32 Å². The number of Topliss-reactive ketones (excluding diaryl/α,β-unsaturated/α-hetero) is 1. The molecule has 1 fully saturated rings. The standard InChI is InChI=1S/C16H27NO2/c1-5-12(4)16(19)17-14(15(18)11(2)3)13-9-7-6-8-10-13/h5,11,13-14H,6-10H2,1-4H3,(H,17,19)/b12-5+/t14-/m0/s1. The summed E-state index contributed by atoms with van der Waals surface area (Å²) in [5, 5.41) is 2.96. The SMILES string of the molecule is C/C=C(\C)C(=O)N[C@H](C(=O)C(C)C)C1CCCCC1. The van der Waals surface area contributed by atoms with Gasteiger partial charge in [-0.2, -0.15) is 0 Å². The van der Waals surface area contributed by atoms with E-state index in [1.54, 1.807) is 13.0 Å². The predicted octanol–water partition coefficient (Wildman–Crippen LogP) is 3.24. The van der Waals surface area contributed by atoms with E-state index in [0.29, 0.717) is 11.5 Å². The van der Waals surface area contributed by atoms with Crippen molar-refractivity contribution in [1.29, 1.82) is 0 Å². The molecule has 0 aliphatic heterocycles. The van der Waals surface area contributed by atoms with Gasteiger partial charge in [-0.1, -0.05) is 39.2 Å². The maximum atomic E-state index is 12.4. The Labute approximate surface area is 116 Å². The molecule has 3 nitrogen and oxygen atoms in total. The molecular weight excluding hydrogens is 238 g/mol. The number of hydrogen-bond acceptors (Lipinski definition) is 2. The maximum absolute atomic E-state index is 12.4. The van der Waals surface area contributed by atoms with Crippen molar-refractivity contribution in [3.8, 4) is 0 Å². The van der Waals surface area contributed by atoms with E-state index < -0.39 is 0 Å². The summed E-state index contributed by atoms with van der Waals surface area (Å²) in [6, 6.07) is -0.303. The molecule has 1 N–H and O–H groups in total. The highest BCUT2D eigenvalue weighted by Crippen LogP contribution is 2.28. The number of rotatable bonds is 5. The Balaban J connectivity index is 2.79. The molecule has 0 aromatic rings. The van der Waals surface area contributed by atoms with Gasteiger partial charge in [0.2, 0.25) is 5.91 Å². The van der Waals surface area contributed by atoms with Gasteiger partial charge in [0.05, 0.1) is 6.04 Å². The van der Waals surface area contributed by atoms with E-state index in [1.165, 1.54) is 19.3 Å². The van der Waals surface area contributed by atoms with Gasteiger partial charge in [-0.15, -0.1) is 0 Å². The second kappa shape index (κ2) is 7.46. The summed E-state index contributed by atoms with van der Waals surface area (Å²) in [7, 11) is 0. The number of hydrogen-bond donors (Lipinski definition) is 1. The van der Waals surface area contributed by atoms with Gasteiger partial charge in [-0.25, -0.2) is 0 Å². The first-order valence-corrected chi connectivity index (χ1v) is 7.44. The highest BCUT2D eigenvalue weighted by atomic mass is 16.2. The first-order chi connectivity index (χ1) is 8.97. The fraction of sp³-hybridized carbons (Fsp3) is 0.750. The third kappa shape index (κ3) is 4.48. The Hall–Kier alpha value is -1.12. The van der Waals surface area contributed by atoms with Gasteiger partial charge in [0.1, 0.15) is 0 Å². The largest absolute Gasteiger partial charge is 0.342 e. The molecule has 0 saturated heterocycles. The molecule has 0 aromatic heterocycles. The first-order valence-electron chi connectivity index (χ1n) is 7.44. The van der Waals surface area contributed by atoms with Gasteiger partial charge in [-0.05, 0) is 32.6 Å². The van der Waals surface area contributed by atoms with E-state index in [-0.39, 0.29) is 23.7 Å². The molecule has 1 amide bonds. The van der Waals surface area contributed by atoms with Crippen LogP contribution >= 0.6 is 0 Å². The summed E-state index contributed by atoms with van der Waals surface area (Å²) >= 11 is 0. The Morgan fingerprint density at radius 1 is 1.16 bits per heavy atom. The zero-order chi connectivity index (χ0) is 14.4. The predicted molar refractivity (Wildman–Crippen MR) is 77.8 cm³/mol. The van der Waals surface area contributed by atoms with Crippen molar-refractivity contribution in [3.05, 3.63) is 11.6 Å². The molecule has 3 heteroatoms. The molecule has 1 aliphatic carbocycles. The van der Waals surface area contributed by atoms with Crippen LogP contribution in [0.4, 0.5) is 0 Å².